The number of carbonyl (C=O) groups is 1. The number of ketones is 1. The summed E-state index contributed by atoms with van der Waals surface area (Å²) >= 11 is 0. The van der Waals surface area contributed by atoms with Crippen LogP contribution in [-0.4, -0.2) is 12.0 Å². The van der Waals surface area contributed by atoms with Gasteiger partial charge < -0.3 is 5.41 Å². The Morgan fingerprint density at radius 1 is 1.17 bits per heavy atom. The molecule has 0 bridgehead atoms. The normalized spacial score (nSPS) is 52.2. The first-order chi connectivity index (χ1) is 10.9. The summed E-state index contributed by atoms with van der Waals surface area (Å²) in [5.41, 5.74) is 2.09. The Hall–Kier alpha value is -0.920. The van der Waals surface area contributed by atoms with Crippen LogP contribution in [0.1, 0.15) is 65.7 Å². The standard InChI is InChI=1S/C21H31NO/c1-13-10-16(23)11-14-4-6-17-18-7-5-15(12-22)20(18,2)9-8-19(17)21(13,14)3/h11-13,15,17-19,22H,4-10H2,1-3H3/t13-,15+,17?,18?,19?,20+,21-/m0/s1. The van der Waals surface area contributed by atoms with E-state index in [-0.39, 0.29) is 5.41 Å². The summed E-state index contributed by atoms with van der Waals surface area (Å²) in [6.45, 7) is 7.26. The molecule has 2 heteroatoms. The average molecular weight is 313 g/mol. The second kappa shape index (κ2) is 5.04. The summed E-state index contributed by atoms with van der Waals surface area (Å²) in [5, 5.41) is 7.85. The van der Waals surface area contributed by atoms with Gasteiger partial charge >= 0.3 is 0 Å². The van der Waals surface area contributed by atoms with Gasteiger partial charge in [0.05, 0.1) is 0 Å². The predicted molar refractivity (Wildman–Crippen MR) is 93.5 cm³/mol. The molecule has 7 atom stereocenters. The fourth-order valence-electron chi connectivity index (χ4n) is 7.26. The molecular weight excluding hydrogens is 282 g/mol. The minimum atomic E-state index is 0.251. The van der Waals surface area contributed by atoms with E-state index in [1.54, 1.807) is 6.21 Å². The molecule has 23 heavy (non-hydrogen) atoms. The summed E-state index contributed by atoms with van der Waals surface area (Å²) in [6.07, 6.45) is 12.0. The number of fused-ring (bicyclic) bond motifs is 5. The lowest BCUT2D eigenvalue weighted by Crippen LogP contribution is -2.53. The third-order valence-corrected chi connectivity index (χ3v) is 8.79. The Morgan fingerprint density at radius 2 is 1.96 bits per heavy atom. The van der Waals surface area contributed by atoms with E-state index in [0.717, 1.165) is 30.6 Å². The molecule has 0 amide bonds. The molecule has 0 aromatic rings. The molecule has 3 saturated carbocycles. The van der Waals surface area contributed by atoms with Gasteiger partial charge in [0.25, 0.3) is 0 Å². The Morgan fingerprint density at radius 3 is 2.70 bits per heavy atom. The van der Waals surface area contributed by atoms with Gasteiger partial charge in [-0.2, -0.15) is 0 Å². The van der Waals surface area contributed by atoms with Crippen LogP contribution in [0.3, 0.4) is 0 Å². The zero-order valence-electron chi connectivity index (χ0n) is 14.9. The fraction of sp³-hybridized carbons (Fsp3) is 0.810. The minimum absolute atomic E-state index is 0.251. The monoisotopic (exact) mass is 313 g/mol. The molecule has 0 aliphatic heterocycles. The summed E-state index contributed by atoms with van der Waals surface area (Å²) in [4.78, 5) is 12.0. The predicted octanol–water partition coefficient (Wildman–Crippen LogP) is 5.03. The third-order valence-electron chi connectivity index (χ3n) is 8.79. The molecule has 0 aromatic carbocycles. The quantitative estimate of drug-likeness (QED) is 0.678. The van der Waals surface area contributed by atoms with E-state index in [1.165, 1.54) is 37.7 Å². The topological polar surface area (TPSA) is 40.9 Å². The largest absolute Gasteiger partial charge is 0.313 e. The van der Waals surface area contributed by atoms with Gasteiger partial charge in [-0.25, -0.2) is 0 Å². The first-order valence-corrected chi connectivity index (χ1v) is 9.65. The smallest absolute Gasteiger partial charge is 0.155 e. The van der Waals surface area contributed by atoms with Gasteiger partial charge in [-0.05, 0) is 91.2 Å². The van der Waals surface area contributed by atoms with Crippen molar-refractivity contribution in [1.29, 1.82) is 5.41 Å². The zero-order valence-corrected chi connectivity index (χ0v) is 14.9. The highest BCUT2D eigenvalue weighted by atomic mass is 16.1. The lowest BCUT2D eigenvalue weighted by molar-refractivity contribution is -0.120. The Labute approximate surface area is 140 Å². The van der Waals surface area contributed by atoms with Crippen molar-refractivity contribution in [2.45, 2.75) is 65.7 Å². The van der Waals surface area contributed by atoms with Crippen molar-refractivity contribution in [3.63, 3.8) is 0 Å². The van der Waals surface area contributed by atoms with Crippen molar-refractivity contribution < 1.29 is 4.79 Å². The molecule has 4 rings (SSSR count). The van der Waals surface area contributed by atoms with Gasteiger partial charge in [-0.3, -0.25) is 4.79 Å². The number of nitrogens with one attached hydrogen (secondary N) is 1. The highest BCUT2D eigenvalue weighted by Crippen LogP contribution is 2.67. The molecule has 0 spiro atoms. The van der Waals surface area contributed by atoms with Gasteiger partial charge in [-0.15, -0.1) is 0 Å². The third kappa shape index (κ3) is 1.93. The van der Waals surface area contributed by atoms with E-state index in [1.807, 2.05) is 6.08 Å². The van der Waals surface area contributed by atoms with Gasteiger partial charge in [-0.1, -0.05) is 26.3 Å². The number of hydrogen-bond donors (Lipinski definition) is 1. The average Bonchev–Trinajstić information content (AvgIpc) is 2.85. The van der Waals surface area contributed by atoms with Crippen molar-refractivity contribution in [3.05, 3.63) is 11.6 Å². The van der Waals surface area contributed by atoms with Gasteiger partial charge in [0.2, 0.25) is 0 Å². The number of hydrogen-bond acceptors (Lipinski definition) is 2. The highest BCUT2D eigenvalue weighted by Gasteiger charge is 2.59. The van der Waals surface area contributed by atoms with E-state index in [9.17, 15) is 4.79 Å². The van der Waals surface area contributed by atoms with Crippen LogP contribution >= 0.6 is 0 Å². The molecule has 3 unspecified atom stereocenters. The summed E-state index contributed by atoms with van der Waals surface area (Å²) in [5.74, 6) is 3.73. The molecule has 0 aromatic heterocycles. The van der Waals surface area contributed by atoms with E-state index < -0.39 is 0 Å². The summed E-state index contributed by atoms with van der Waals surface area (Å²) in [7, 11) is 0. The van der Waals surface area contributed by atoms with Crippen LogP contribution in [0.5, 0.6) is 0 Å². The Kier molecular flexibility index (Phi) is 3.42. The lowest BCUT2D eigenvalue weighted by Gasteiger charge is -2.59. The Bertz CT molecular complexity index is 578. The SMILES string of the molecule is C[C@H]1CC(=O)C=C2CCC3C4CC[C@H](C=N)[C@@]4(C)CCC3[C@]21C. The van der Waals surface area contributed by atoms with E-state index >= 15 is 0 Å². The first kappa shape index (κ1) is 15.6. The van der Waals surface area contributed by atoms with Crippen LogP contribution in [0.4, 0.5) is 0 Å². The van der Waals surface area contributed by atoms with Crippen molar-refractivity contribution in [3.8, 4) is 0 Å². The van der Waals surface area contributed by atoms with E-state index in [4.69, 9.17) is 5.41 Å². The summed E-state index contributed by atoms with van der Waals surface area (Å²) in [6, 6.07) is 0. The highest BCUT2D eigenvalue weighted by molar-refractivity contribution is 5.92. The molecule has 126 valence electrons. The van der Waals surface area contributed by atoms with Crippen LogP contribution in [0, 0.1) is 45.8 Å². The maximum Gasteiger partial charge on any atom is 0.155 e. The van der Waals surface area contributed by atoms with Gasteiger partial charge in [0.1, 0.15) is 0 Å². The minimum Gasteiger partial charge on any atom is -0.313 e. The molecule has 1 N–H and O–H groups in total. The van der Waals surface area contributed by atoms with Crippen molar-refractivity contribution in [1.82, 2.24) is 0 Å². The van der Waals surface area contributed by atoms with E-state index in [0.29, 0.717) is 23.0 Å². The Balaban J connectivity index is 1.71. The molecule has 2 nitrogen and oxygen atoms in total. The fourth-order valence-corrected chi connectivity index (χ4v) is 7.26. The molecular formula is C21H31NO. The second-order valence-electron chi connectivity index (χ2n) is 9.33. The van der Waals surface area contributed by atoms with Crippen LogP contribution in [-0.2, 0) is 4.79 Å². The maximum atomic E-state index is 12.0. The molecule has 0 radical (unpaired) electrons. The van der Waals surface area contributed by atoms with Crippen LogP contribution in [0.2, 0.25) is 0 Å². The van der Waals surface area contributed by atoms with Crippen LogP contribution in [0.25, 0.3) is 0 Å². The molecule has 0 saturated heterocycles. The number of allylic oxidation sites excluding steroid dienone is 1. The second-order valence-corrected chi connectivity index (χ2v) is 9.33. The van der Waals surface area contributed by atoms with Gasteiger partial charge in [0, 0.05) is 6.42 Å². The van der Waals surface area contributed by atoms with Crippen molar-refractivity contribution >= 4 is 12.0 Å². The molecule has 4 aliphatic rings. The molecule has 0 heterocycles. The maximum absolute atomic E-state index is 12.0. The van der Waals surface area contributed by atoms with Gasteiger partial charge in [0.15, 0.2) is 5.78 Å². The lowest BCUT2D eigenvalue weighted by atomic mass is 9.45. The van der Waals surface area contributed by atoms with Crippen molar-refractivity contribution in [2.75, 3.05) is 0 Å². The number of carbonyl (C=O) groups excluding carboxylic acids is 1. The zero-order chi connectivity index (χ0) is 16.4. The summed E-state index contributed by atoms with van der Waals surface area (Å²) < 4.78 is 0. The molecule has 4 aliphatic carbocycles. The van der Waals surface area contributed by atoms with Crippen molar-refractivity contribution in [2.24, 2.45) is 40.4 Å². The van der Waals surface area contributed by atoms with Crippen LogP contribution in [0.15, 0.2) is 11.6 Å². The van der Waals surface area contributed by atoms with Crippen LogP contribution < -0.4 is 0 Å². The molecule has 3 fully saturated rings. The number of rotatable bonds is 1. The first-order valence-electron chi connectivity index (χ1n) is 9.65. The van der Waals surface area contributed by atoms with E-state index in [2.05, 4.69) is 20.8 Å².